The highest BCUT2D eigenvalue weighted by Gasteiger charge is 2.32. The number of aliphatic carboxylic acids is 1. The molecule has 2 atom stereocenters. The molecule has 18 heavy (non-hydrogen) atoms. The molecule has 1 amide bonds. The monoisotopic (exact) mass is 254 g/mol. The smallest absolute Gasteiger partial charge is 0.303 e. The molecule has 2 unspecified atom stereocenters. The Morgan fingerprint density at radius 1 is 1.28 bits per heavy atom. The molecule has 5 nitrogen and oxygen atoms in total. The van der Waals surface area contributed by atoms with Gasteiger partial charge in [-0.1, -0.05) is 6.92 Å². The van der Waals surface area contributed by atoms with E-state index in [-0.39, 0.29) is 18.2 Å². The topological polar surface area (TPSA) is 60.9 Å². The van der Waals surface area contributed by atoms with Crippen LogP contribution in [0, 0.1) is 5.92 Å². The van der Waals surface area contributed by atoms with E-state index in [0.717, 1.165) is 19.6 Å². The molecule has 0 spiro atoms. The van der Waals surface area contributed by atoms with Gasteiger partial charge in [0, 0.05) is 38.5 Å². The van der Waals surface area contributed by atoms with Crippen molar-refractivity contribution in [1.82, 2.24) is 9.80 Å². The summed E-state index contributed by atoms with van der Waals surface area (Å²) in [5.74, 6) is -0.775. The molecule has 5 heteroatoms. The van der Waals surface area contributed by atoms with Crippen LogP contribution in [0.4, 0.5) is 0 Å². The molecule has 0 bridgehead atoms. The molecule has 0 radical (unpaired) electrons. The van der Waals surface area contributed by atoms with Gasteiger partial charge in [0.25, 0.3) is 0 Å². The van der Waals surface area contributed by atoms with Crippen LogP contribution in [0.1, 0.15) is 32.6 Å². The molecule has 0 aliphatic carbocycles. The van der Waals surface area contributed by atoms with Crippen molar-refractivity contribution in [2.75, 3.05) is 26.2 Å². The van der Waals surface area contributed by atoms with Gasteiger partial charge in [0.05, 0.1) is 0 Å². The van der Waals surface area contributed by atoms with Crippen LogP contribution in [-0.2, 0) is 9.59 Å². The van der Waals surface area contributed by atoms with Gasteiger partial charge >= 0.3 is 5.97 Å². The Labute approximate surface area is 108 Å². The number of nitrogens with zero attached hydrogens (tertiary/aromatic N) is 2. The lowest BCUT2D eigenvalue weighted by Gasteiger charge is -2.37. The summed E-state index contributed by atoms with van der Waals surface area (Å²) < 4.78 is 0. The van der Waals surface area contributed by atoms with E-state index < -0.39 is 5.97 Å². The number of carboxylic acids is 1. The lowest BCUT2D eigenvalue weighted by atomic mass is 10.0. The highest BCUT2D eigenvalue weighted by molar-refractivity contribution is 5.77. The van der Waals surface area contributed by atoms with E-state index in [9.17, 15) is 9.59 Å². The van der Waals surface area contributed by atoms with Crippen LogP contribution in [-0.4, -0.2) is 59.0 Å². The van der Waals surface area contributed by atoms with Crippen LogP contribution in [0.15, 0.2) is 0 Å². The summed E-state index contributed by atoms with van der Waals surface area (Å²) in [4.78, 5) is 27.1. The summed E-state index contributed by atoms with van der Waals surface area (Å²) in [5, 5.41) is 8.70. The van der Waals surface area contributed by atoms with Crippen molar-refractivity contribution in [2.24, 2.45) is 5.92 Å². The van der Waals surface area contributed by atoms with Crippen LogP contribution in [0.2, 0.25) is 0 Å². The van der Waals surface area contributed by atoms with Crippen molar-refractivity contribution < 1.29 is 14.7 Å². The zero-order valence-electron chi connectivity index (χ0n) is 11.0. The number of hydrogen-bond acceptors (Lipinski definition) is 3. The molecule has 2 saturated heterocycles. The predicted octanol–water partition coefficient (Wildman–Crippen LogP) is 0.794. The SMILES string of the molecule is CC(CC(=O)O)CC(=O)N1CCN2CCCC2C1. The maximum absolute atomic E-state index is 12.1. The number of carboxylic acid groups (broad SMARTS) is 1. The van der Waals surface area contributed by atoms with Crippen LogP contribution >= 0.6 is 0 Å². The maximum Gasteiger partial charge on any atom is 0.303 e. The highest BCUT2D eigenvalue weighted by atomic mass is 16.4. The molecule has 0 aromatic heterocycles. The number of piperazine rings is 1. The first-order chi connectivity index (χ1) is 8.56. The first-order valence-corrected chi connectivity index (χ1v) is 6.80. The fourth-order valence-electron chi connectivity index (χ4n) is 3.02. The molecule has 102 valence electrons. The first kappa shape index (κ1) is 13.3. The summed E-state index contributed by atoms with van der Waals surface area (Å²) in [7, 11) is 0. The zero-order valence-corrected chi connectivity index (χ0v) is 11.0. The first-order valence-electron chi connectivity index (χ1n) is 6.80. The second-order valence-electron chi connectivity index (χ2n) is 5.58. The molecule has 0 saturated carbocycles. The molecule has 2 rings (SSSR count). The van der Waals surface area contributed by atoms with Crippen molar-refractivity contribution in [3.63, 3.8) is 0 Å². The van der Waals surface area contributed by atoms with Gasteiger partial charge in [0.2, 0.25) is 5.91 Å². The third-order valence-electron chi connectivity index (χ3n) is 3.99. The molecule has 1 N–H and O–H groups in total. The molecule has 0 aromatic carbocycles. The van der Waals surface area contributed by atoms with Crippen molar-refractivity contribution in [3.05, 3.63) is 0 Å². The van der Waals surface area contributed by atoms with E-state index in [1.807, 2.05) is 11.8 Å². The summed E-state index contributed by atoms with van der Waals surface area (Å²) in [5.41, 5.74) is 0. The quantitative estimate of drug-likeness (QED) is 0.806. The number of amides is 1. The third-order valence-corrected chi connectivity index (χ3v) is 3.99. The van der Waals surface area contributed by atoms with Crippen molar-refractivity contribution >= 4 is 11.9 Å². The van der Waals surface area contributed by atoms with Crippen molar-refractivity contribution in [2.45, 2.75) is 38.6 Å². The van der Waals surface area contributed by atoms with Crippen LogP contribution in [0.25, 0.3) is 0 Å². The van der Waals surface area contributed by atoms with Gasteiger partial charge in [-0.3, -0.25) is 14.5 Å². The minimum absolute atomic E-state index is 0.0726. The second kappa shape index (κ2) is 5.69. The molecule has 0 aromatic rings. The van der Waals surface area contributed by atoms with E-state index in [2.05, 4.69) is 4.90 Å². The second-order valence-corrected chi connectivity index (χ2v) is 5.58. The average Bonchev–Trinajstić information content (AvgIpc) is 2.74. The number of carbonyl (C=O) groups excluding carboxylic acids is 1. The Morgan fingerprint density at radius 2 is 2.06 bits per heavy atom. The Balaban J connectivity index is 1.80. The standard InChI is InChI=1S/C13H22N2O3/c1-10(8-13(17)18)7-12(16)15-6-5-14-4-2-3-11(14)9-15/h10-11H,2-9H2,1H3,(H,17,18). The van der Waals surface area contributed by atoms with Crippen molar-refractivity contribution in [3.8, 4) is 0 Å². The van der Waals surface area contributed by atoms with Gasteiger partial charge in [-0.25, -0.2) is 0 Å². The summed E-state index contributed by atoms with van der Waals surface area (Å²) in [6, 6.07) is 0.539. The van der Waals surface area contributed by atoms with Crippen LogP contribution in [0.5, 0.6) is 0 Å². The van der Waals surface area contributed by atoms with Crippen molar-refractivity contribution in [1.29, 1.82) is 0 Å². The number of carbonyl (C=O) groups is 2. The number of fused-ring (bicyclic) bond motifs is 1. The molecular formula is C13H22N2O3. The summed E-state index contributed by atoms with van der Waals surface area (Å²) in [6.45, 7) is 5.61. The molecule has 2 aliphatic heterocycles. The molecule has 2 fully saturated rings. The molecular weight excluding hydrogens is 232 g/mol. The maximum atomic E-state index is 12.1. The van der Waals surface area contributed by atoms with Gasteiger partial charge in [-0.2, -0.15) is 0 Å². The van der Waals surface area contributed by atoms with Gasteiger partial charge in [0.15, 0.2) is 0 Å². The minimum atomic E-state index is -0.823. The Kier molecular flexibility index (Phi) is 4.22. The van der Waals surface area contributed by atoms with E-state index in [1.165, 1.54) is 19.4 Å². The predicted molar refractivity (Wildman–Crippen MR) is 67.2 cm³/mol. The number of rotatable bonds is 4. The average molecular weight is 254 g/mol. The van der Waals surface area contributed by atoms with Gasteiger partial charge in [-0.05, 0) is 25.3 Å². The lowest BCUT2D eigenvalue weighted by molar-refractivity contribution is -0.139. The Hall–Kier alpha value is -1.10. The Bertz CT molecular complexity index is 332. The van der Waals surface area contributed by atoms with Gasteiger partial charge in [0.1, 0.15) is 0 Å². The fraction of sp³-hybridized carbons (Fsp3) is 0.846. The highest BCUT2D eigenvalue weighted by Crippen LogP contribution is 2.22. The third kappa shape index (κ3) is 3.22. The minimum Gasteiger partial charge on any atom is -0.481 e. The van der Waals surface area contributed by atoms with Crippen LogP contribution in [0.3, 0.4) is 0 Å². The fourth-order valence-corrected chi connectivity index (χ4v) is 3.02. The van der Waals surface area contributed by atoms with E-state index in [0.29, 0.717) is 12.5 Å². The number of hydrogen-bond donors (Lipinski definition) is 1. The summed E-state index contributed by atoms with van der Waals surface area (Å²) in [6.07, 6.45) is 2.87. The molecule has 2 aliphatic rings. The summed E-state index contributed by atoms with van der Waals surface area (Å²) >= 11 is 0. The largest absolute Gasteiger partial charge is 0.481 e. The zero-order chi connectivity index (χ0) is 13.1. The lowest BCUT2D eigenvalue weighted by Crippen LogP contribution is -2.52. The van der Waals surface area contributed by atoms with Crippen LogP contribution < -0.4 is 0 Å². The van der Waals surface area contributed by atoms with E-state index >= 15 is 0 Å². The van der Waals surface area contributed by atoms with Gasteiger partial charge in [-0.15, -0.1) is 0 Å². The Morgan fingerprint density at radius 3 is 2.78 bits per heavy atom. The van der Waals surface area contributed by atoms with E-state index in [1.54, 1.807) is 0 Å². The normalized spacial score (nSPS) is 25.8. The van der Waals surface area contributed by atoms with Gasteiger partial charge < -0.3 is 10.0 Å². The molecule has 2 heterocycles. The van der Waals surface area contributed by atoms with E-state index in [4.69, 9.17) is 5.11 Å².